The van der Waals surface area contributed by atoms with Gasteiger partial charge in [0.1, 0.15) is 0 Å². The lowest BCUT2D eigenvalue weighted by Crippen LogP contribution is -2.16. The Labute approximate surface area is 302 Å². The first-order valence-electron chi connectivity index (χ1n) is 17.7. The highest BCUT2D eigenvalue weighted by molar-refractivity contribution is 7.27. The maximum absolute atomic E-state index is 2.48. The lowest BCUT2D eigenvalue weighted by Gasteiger charge is -2.28. The lowest BCUT2D eigenvalue weighted by molar-refractivity contribution is 0.660. The van der Waals surface area contributed by atoms with Crippen LogP contribution in [0.3, 0.4) is 0 Å². The lowest BCUT2D eigenvalue weighted by atomic mass is 9.82. The van der Waals surface area contributed by atoms with Crippen molar-refractivity contribution in [2.75, 3.05) is 4.90 Å². The van der Waals surface area contributed by atoms with E-state index in [1.165, 1.54) is 86.8 Å². The average Bonchev–Trinajstić information content (AvgIpc) is 3.69. The van der Waals surface area contributed by atoms with E-state index in [1.54, 1.807) is 0 Å². The zero-order valence-corrected chi connectivity index (χ0v) is 29.4. The number of anilines is 3. The van der Waals surface area contributed by atoms with E-state index in [1.807, 2.05) is 11.3 Å². The number of nitrogens with zero attached hydrogens (tertiary/aromatic N) is 1. The van der Waals surface area contributed by atoms with Gasteiger partial charge in [-0.25, -0.2) is 0 Å². The van der Waals surface area contributed by atoms with E-state index in [0.717, 1.165) is 5.69 Å². The molecule has 10 rings (SSSR count). The van der Waals surface area contributed by atoms with Gasteiger partial charge in [0.15, 0.2) is 0 Å². The summed E-state index contributed by atoms with van der Waals surface area (Å²) in [5, 5.41) is 5.19. The van der Waals surface area contributed by atoms with Gasteiger partial charge in [0.25, 0.3) is 0 Å². The van der Waals surface area contributed by atoms with Gasteiger partial charge in [-0.3, -0.25) is 0 Å². The van der Waals surface area contributed by atoms with Crippen molar-refractivity contribution in [1.82, 2.24) is 0 Å². The van der Waals surface area contributed by atoms with E-state index in [9.17, 15) is 0 Å². The van der Waals surface area contributed by atoms with Crippen molar-refractivity contribution in [3.8, 4) is 33.4 Å². The second-order valence-electron chi connectivity index (χ2n) is 14.1. The van der Waals surface area contributed by atoms with Crippen LogP contribution in [0.25, 0.3) is 64.3 Å². The molecular weight excluding hydrogens is 635 g/mol. The molecule has 242 valence electrons. The molecule has 1 aliphatic rings. The molecule has 0 fully saturated rings. The molecule has 0 radical (unpaired) electrons. The van der Waals surface area contributed by atoms with Crippen LogP contribution in [0.5, 0.6) is 0 Å². The molecule has 9 aromatic rings. The van der Waals surface area contributed by atoms with Gasteiger partial charge in [-0.05, 0) is 86.1 Å². The van der Waals surface area contributed by atoms with Crippen LogP contribution in [0.1, 0.15) is 25.0 Å². The maximum atomic E-state index is 2.48. The first-order chi connectivity index (χ1) is 25.1. The summed E-state index contributed by atoms with van der Waals surface area (Å²) in [6.07, 6.45) is 0. The summed E-state index contributed by atoms with van der Waals surface area (Å²) in [5.41, 5.74) is 13.8. The summed E-state index contributed by atoms with van der Waals surface area (Å²) in [6.45, 7) is 4.73. The third-order valence-electron chi connectivity index (χ3n) is 10.9. The van der Waals surface area contributed by atoms with Crippen LogP contribution in [-0.2, 0) is 5.41 Å². The van der Waals surface area contributed by atoms with Gasteiger partial charge in [-0.15, -0.1) is 11.3 Å². The number of hydrogen-bond acceptors (Lipinski definition) is 2. The second-order valence-corrected chi connectivity index (χ2v) is 15.1. The molecule has 1 aromatic heterocycles. The third-order valence-corrected chi connectivity index (χ3v) is 12.1. The molecule has 8 aromatic carbocycles. The van der Waals surface area contributed by atoms with Gasteiger partial charge in [-0.2, -0.15) is 0 Å². The standard InChI is InChI=1S/C49H35NS/c1-49(2)43-22-12-11-20-39(43)40-29-28-37(31-44(40)49)50(36-26-24-33(25-27-36)32-14-5-3-6-15-32)45-23-13-21-41-46-38-19-10-9-18-35(38)30-42(48(46)51-47(41)45)34-16-7-4-8-17-34/h3-31H,1-2H3. The number of fused-ring (bicyclic) bond motifs is 8. The van der Waals surface area contributed by atoms with E-state index in [0.29, 0.717) is 0 Å². The first kappa shape index (κ1) is 29.9. The Bertz CT molecular complexity index is 2760. The van der Waals surface area contributed by atoms with Crippen LogP contribution in [-0.4, -0.2) is 0 Å². The Kier molecular flexibility index (Phi) is 6.78. The molecule has 0 spiro atoms. The van der Waals surface area contributed by atoms with Crippen molar-refractivity contribution in [3.05, 3.63) is 187 Å². The summed E-state index contributed by atoms with van der Waals surface area (Å²) in [6, 6.07) is 64.7. The molecule has 51 heavy (non-hydrogen) atoms. The quantitative estimate of drug-likeness (QED) is 0.176. The van der Waals surface area contributed by atoms with Crippen molar-refractivity contribution in [3.63, 3.8) is 0 Å². The van der Waals surface area contributed by atoms with Crippen molar-refractivity contribution < 1.29 is 0 Å². The van der Waals surface area contributed by atoms with Gasteiger partial charge in [-0.1, -0.05) is 153 Å². The fourth-order valence-corrected chi connectivity index (χ4v) is 9.69. The van der Waals surface area contributed by atoms with Gasteiger partial charge < -0.3 is 4.90 Å². The Morgan fingerprint density at radius 1 is 0.431 bits per heavy atom. The molecule has 0 amide bonds. The predicted octanol–water partition coefficient (Wildman–Crippen LogP) is 14.3. The van der Waals surface area contributed by atoms with Crippen molar-refractivity contribution in [2.45, 2.75) is 19.3 Å². The zero-order valence-electron chi connectivity index (χ0n) is 28.6. The van der Waals surface area contributed by atoms with E-state index in [-0.39, 0.29) is 5.41 Å². The highest BCUT2D eigenvalue weighted by Gasteiger charge is 2.36. The Morgan fingerprint density at radius 3 is 1.86 bits per heavy atom. The fraction of sp³-hybridized carbons (Fsp3) is 0.0612. The Hall–Kier alpha value is -5.96. The molecule has 0 N–H and O–H groups in total. The van der Waals surface area contributed by atoms with Gasteiger partial charge in [0.05, 0.1) is 10.4 Å². The molecule has 0 saturated carbocycles. The highest BCUT2D eigenvalue weighted by atomic mass is 32.1. The first-order valence-corrected chi connectivity index (χ1v) is 18.5. The van der Waals surface area contributed by atoms with E-state index in [2.05, 4.69) is 195 Å². The molecule has 0 bridgehead atoms. The Balaban J connectivity index is 1.24. The predicted molar refractivity (Wildman–Crippen MR) is 220 cm³/mol. The topological polar surface area (TPSA) is 3.24 Å². The van der Waals surface area contributed by atoms with Crippen LogP contribution < -0.4 is 4.90 Å². The molecule has 1 aliphatic carbocycles. The summed E-state index contributed by atoms with van der Waals surface area (Å²) >= 11 is 1.92. The zero-order chi connectivity index (χ0) is 34.1. The SMILES string of the molecule is CC1(C)c2ccccc2-c2ccc(N(c3ccc(-c4ccccc4)cc3)c3cccc4c3sc3c(-c5ccccc5)cc5ccccc5c34)cc21. The normalized spacial score (nSPS) is 13.1. The molecule has 0 unspecified atom stereocenters. The molecule has 0 atom stereocenters. The van der Waals surface area contributed by atoms with Crippen LogP contribution in [0.2, 0.25) is 0 Å². The average molecular weight is 670 g/mol. The second kappa shape index (κ2) is 11.6. The summed E-state index contributed by atoms with van der Waals surface area (Å²) in [7, 11) is 0. The van der Waals surface area contributed by atoms with Crippen LogP contribution in [0, 0.1) is 0 Å². The van der Waals surface area contributed by atoms with Crippen molar-refractivity contribution in [1.29, 1.82) is 0 Å². The van der Waals surface area contributed by atoms with E-state index < -0.39 is 0 Å². The minimum Gasteiger partial charge on any atom is -0.309 e. The molecular formula is C49H35NS. The number of hydrogen-bond donors (Lipinski definition) is 0. The molecule has 0 aliphatic heterocycles. The third kappa shape index (κ3) is 4.67. The molecule has 1 heterocycles. The van der Waals surface area contributed by atoms with Crippen molar-refractivity contribution in [2.24, 2.45) is 0 Å². The van der Waals surface area contributed by atoms with Gasteiger partial charge >= 0.3 is 0 Å². The summed E-state index contributed by atoms with van der Waals surface area (Å²) in [4.78, 5) is 2.48. The van der Waals surface area contributed by atoms with Crippen LogP contribution in [0.4, 0.5) is 17.1 Å². The fourth-order valence-electron chi connectivity index (χ4n) is 8.33. The smallest absolute Gasteiger partial charge is 0.0640 e. The largest absolute Gasteiger partial charge is 0.309 e. The number of rotatable bonds is 5. The van der Waals surface area contributed by atoms with Crippen molar-refractivity contribution >= 4 is 59.3 Å². The van der Waals surface area contributed by atoms with E-state index >= 15 is 0 Å². The molecule has 1 nitrogen and oxygen atoms in total. The monoisotopic (exact) mass is 669 g/mol. The summed E-state index contributed by atoms with van der Waals surface area (Å²) in [5.74, 6) is 0. The summed E-state index contributed by atoms with van der Waals surface area (Å²) < 4.78 is 2.61. The van der Waals surface area contributed by atoms with Gasteiger partial charge in [0, 0.05) is 37.8 Å². The number of benzene rings is 8. The van der Waals surface area contributed by atoms with E-state index in [4.69, 9.17) is 0 Å². The minimum absolute atomic E-state index is 0.0993. The van der Waals surface area contributed by atoms with Crippen LogP contribution in [0.15, 0.2) is 176 Å². The minimum atomic E-state index is -0.0993. The molecule has 0 saturated heterocycles. The molecule has 2 heteroatoms. The van der Waals surface area contributed by atoms with Gasteiger partial charge in [0.2, 0.25) is 0 Å². The Morgan fingerprint density at radius 2 is 1.06 bits per heavy atom. The number of thiophene rings is 1. The van der Waals surface area contributed by atoms with Crippen LogP contribution >= 0.6 is 11.3 Å². The maximum Gasteiger partial charge on any atom is 0.0640 e. The highest BCUT2D eigenvalue weighted by Crippen LogP contribution is 2.53.